The van der Waals surface area contributed by atoms with Gasteiger partial charge < -0.3 is 15.2 Å². The molecule has 0 spiro atoms. The predicted molar refractivity (Wildman–Crippen MR) is 115 cm³/mol. The summed E-state index contributed by atoms with van der Waals surface area (Å²) in [5.41, 5.74) is 2.33. The molecule has 1 unspecified atom stereocenters. The van der Waals surface area contributed by atoms with E-state index in [4.69, 9.17) is 4.74 Å². The summed E-state index contributed by atoms with van der Waals surface area (Å²) < 4.78 is 20.8. The number of nitrogens with one attached hydrogen (secondary N) is 1. The highest BCUT2D eigenvalue weighted by Crippen LogP contribution is 2.37. The molecular weight excluding hydrogens is 419 g/mol. The molecule has 0 saturated carbocycles. The van der Waals surface area contributed by atoms with Gasteiger partial charge >= 0.3 is 5.97 Å². The number of allylic oxidation sites excluding steroid dienone is 1. The first kappa shape index (κ1) is 20.9. The summed E-state index contributed by atoms with van der Waals surface area (Å²) in [6, 6.07) is 12.6. The van der Waals surface area contributed by atoms with Crippen molar-refractivity contribution in [3.63, 3.8) is 0 Å². The lowest BCUT2D eigenvalue weighted by Crippen LogP contribution is -2.29. The second-order valence-corrected chi connectivity index (χ2v) is 7.86. The second-order valence-electron chi connectivity index (χ2n) is 6.92. The van der Waals surface area contributed by atoms with Crippen LogP contribution in [0.1, 0.15) is 31.0 Å². The summed E-state index contributed by atoms with van der Waals surface area (Å²) in [5, 5.41) is 17.8. The molecule has 2 heterocycles. The summed E-state index contributed by atoms with van der Waals surface area (Å²) in [6.45, 7) is 3.77. The van der Waals surface area contributed by atoms with Crippen molar-refractivity contribution < 1.29 is 19.0 Å². The number of aromatic nitrogens is 3. The maximum atomic E-state index is 13.9. The summed E-state index contributed by atoms with van der Waals surface area (Å²) >= 11 is 1.30. The van der Waals surface area contributed by atoms with E-state index in [0.29, 0.717) is 33.7 Å². The number of anilines is 1. The van der Waals surface area contributed by atoms with Crippen LogP contribution < -0.4 is 5.32 Å². The molecule has 1 aromatic heterocycles. The lowest BCUT2D eigenvalue weighted by molar-refractivity contribution is -0.139. The van der Waals surface area contributed by atoms with Gasteiger partial charge in [-0.3, -0.25) is 0 Å². The number of carbonyl (C=O) groups excluding carboxylic acids is 1. The van der Waals surface area contributed by atoms with E-state index in [9.17, 15) is 14.3 Å². The Kier molecular flexibility index (Phi) is 5.94. The van der Waals surface area contributed by atoms with E-state index in [2.05, 4.69) is 15.4 Å². The van der Waals surface area contributed by atoms with Gasteiger partial charge in [0.25, 0.3) is 0 Å². The Morgan fingerprint density at radius 1 is 1.26 bits per heavy atom. The Labute approximate surface area is 183 Å². The van der Waals surface area contributed by atoms with E-state index in [0.717, 1.165) is 5.56 Å². The number of phenolic OH excluding ortho intramolecular Hbond substituents is 1. The van der Waals surface area contributed by atoms with Crippen LogP contribution in [0, 0.1) is 5.82 Å². The lowest BCUT2D eigenvalue weighted by atomic mass is 9.96. The van der Waals surface area contributed by atoms with Gasteiger partial charge in [0.1, 0.15) is 17.6 Å². The molecule has 1 aliphatic rings. The molecule has 7 nitrogen and oxygen atoms in total. The van der Waals surface area contributed by atoms with Crippen LogP contribution in [0.3, 0.4) is 0 Å². The van der Waals surface area contributed by atoms with Crippen molar-refractivity contribution in [3.8, 4) is 5.75 Å². The van der Waals surface area contributed by atoms with Crippen LogP contribution in [0.4, 0.5) is 10.3 Å². The number of rotatable bonds is 6. The molecule has 2 N–H and O–H groups in total. The fraction of sp³-hybridized carbons (Fsp3) is 0.227. The normalized spacial score (nSPS) is 15.4. The first-order valence-corrected chi connectivity index (χ1v) is 10.7. The van der Waals surface area contributed by atoms with Gasteiger partial charge in [-0.05, 0) is 43.2 Å². The topological polar surface area (TPSA) is 89.3 Å². The van der Waals surface area contributed by atoms with Crippen molar-refractivity contribution in [2.75, 3.05) is 11.9 Å². The van der Waals surface area contributed by atoms with Gasteiger partial charge in [-0.1, -0.05) is 42.1 Å². The minimum atomic E-state index is -0.578. The third-order valence-corrected chi connectivity index (χ3v) is 5.74. The largest absolute Gasteiger partial charge is 0.508 e. The van der Waals surface area contributed by atoms with Gasteiger partial charge in [0.05, 0.1) is 12.2 Å². The van der Waals surface area contributed by atoms with Crippen LogP contribution in [-0.4, -0.2) is 32.4 Å². The summed E-state index contributed by atoms with van der Waals surface area (Å²) in [7, 11) is 0. The standard InChI is InChI=1S/C22H21FN4O3S/c1-3-30-20(29)18-13(2)24-21-25-22(31-12-15-6-4-5-7-17(15)23)26-27(21)19(18)14-8-10-16(28)11-9-14/h4-11,19,28H,3,12H2,1-2H3,(H,24,25,26). The maximum Gasteiger partial charge on any atom is 0.338 e. The molecule has 0 saturated heterocycles. The lowest BCUT2D eigenvalue weighted by Gasteiger charge is -2.28. The fourth-order valence-corrected chi connectivity index (χ4v) is 4.20. The van der Waals surface area contributed by atoms with Gasteiger partial charge in [0.2, 0.25) is 11.1 Å². The summed E-state index contributed by atoms with van der Waals surface area (Å²) in [4.78, 5) is 17.3. The molecule has 0 amide bonds. The smallest absolute Gasteiger partial charge is 0.338 e. The van der Waals surface area contributed by atoms with Crippen molar-refractivity contribution in [3.05, 3.63) is 76.7 Å². The van der Waals surface area contributed by atoms with Gasteiger partial charge in [-0.25, -0.2) is 13.9 Å². The number of phenols is 1. The van der Waals surface area contributed by atoms with Gasteiger partial charge in [-0.15, -0.1) is 5.10 Å². The van der Waals surface area contributed by atoms with Crippen molar-refractivity contribution >= 4 is 23.7 Å². The van der Waals surface area contributed by atoms with Crippen molar-refractivity contribution in [1.29, 1.82) is 0 Å². The number of fused-ring (bicyclic) bond motifs is 1. The molecule has 31 heavy (non-hydrogen) atoms. The molecule has 9 heteroatoms. The van der Waals surface area contributed by atoms with Crippen LogP contribution >= 0.6 is 11.8 Å². The number of nitrogens with zero attached hydrogens (tertiary/aromatic N) is 3. The molecule has 0 fully saturated rings. The highest BCUT2D eigenvalue weighted by Gasteiger charge is 2.35. The zero-order valence-electron chi connectivity index (χ0n) is 17.0. The van der Waals surface area contributed by atoms with Crippen LogP contribution in [0.25, 0.3) is 0 Å². The highest BCUT2D eigenvalue weighted by atomic mass is 32.2. The van der Waals surface area contributed by atoms with E-state index >= 15 is 0 Å². The molecule has 160 valence electrons. The number of ether oxygens (including phenoxy) is 1. The predicted octanol–water partition coefficient (Wildman–Crippen LogP) is 4.27. The summed E-state index contributed by atoms with van der Waals surface area (Å²) in [5.74, 6) is 0.237. The molecule has 3 aromatic rings. The van der Waals surface area contributed by atoms with E-state index in [1.54, 1.807) is 61.0 Å². The highest BCUT2D eigenvalue weighted by molar-refractivity contribution is 7.98. The Balaban J connectivity index is 1.70. The number of esters is 1. The molecular formula is C22H21FN4O3S. The Bertz CT molecular complexity index is 1140. The number of halogens is 1. The maximum absolute atomic E-state index is 13.9. The Morgan fingerprint density at radius 2 is 2.00 bits per heavy atom. The van der Waals surface area contributed by atoms with E-state index in [-0.39, 0.29) is 18.2 Å². The van der Waals surface area contributed by atoms with Crippen molar-refractivity contribution in [1.82, 2.24) is 14.8 Å². The first-order chi connectivity index (χ1) is 15.0. The average Bonchev–Trinajstić information content (AvgIpc) is 3.15. The molecule has 1 aliphatic heterocycles. The summed E-state index contributed by atoms with van der Waals surface area (Å²) in [6.07, 6.45) is 0. The number of hydrogen-bond donors (Lipinski definition) is 2. The zero-order valence-corrected chi connectivity index (χ0v) is 17.8. The van der Waals surface area contributed by atoms with Crippen LogP contribution in [0.5, 0.6) is 5.75 Å². The number of aromatic hydroxyl groups is 1. The second kappa shape index (κ2) is 8.81. The van der Waals surface area contributed by atoms with Gasteiger partial charge in [0.15, 0.2) is 0 Å². The molecule has 0 bridgehead atoms. The number of thioether (sulfide) groups is 1. The number of carbonyl (C=O) groups is 1. The van der Waals surface area contributed by atoms with Crippen LogP contribution in [0.15, 0.2) is 65.0 Å². The molecule has 1 atom stereocenters. The third kappa shape index (κ3) is 4.27. The van der Waals surface area contributed by atoms with Crippen LogP contribution in [0.2, 0.25) is 0 Å². The van der Waals surface area contributed by atoms with E-state index in [1.165, 1.54) is 17.8 Å². The molecule has 2 aromatic carbocycles. The van der Waals surface area contributed by atoms with Crippen molar-refractivity contribution in [2.24, 2.45) is 0 Å². The molecule has 0 aliphatic carbocycles. The number of benzene rings is 2. The monoisotopic (exact) mass is 440 g/mol. The number of hydrogen-bond acceptors (Lipinski definition) is 7. The van der Waals surface area contributed by atoms with Crippen molar-refractivity contribution in [2.45, 2.75) is 30.8 Å². The fourth-order valence-electron chi connectivity index (χ4n) is 3.39. The zero-order chi connectivity index (χ0) is 22.0. The molecule has 4 rings (SSSR count). The Morgan fingerprint density at radius 3 is 2.71 bits per heavy atom. The first-order valence-electron chi connectivity index (χ1n) is 9.74. The van der Waals surface area contributed by atoms with E-state index < -0.39 is 12.0 Å². The Hall–Kier alpha value is -3.33. The minimum absolute atomic E-state index is 0.121. The average molecular weight is 441 g/mol. The third-order valence-electron chi connectivity index (χ3n) is 4.85. The van der Waals surface area contributed by atoms with Gasteiger partial charge in [-0.2, -0.15) is 4.98 Å². The minimum Gasteiger partial charge on any atom is -0.508 e. The van der Waals surface area contributed by atoms with E-state index in [1.807, 2.05) is 0 Å². The molecule has 0 radical (unpaired) electrons. The quantitative estimate of drug-likeness (QED) is 0.437. The SMILES string of the molecule is CCOC(=O)C1=C(C)Nc2nc(SCc3ccccc3F)nn2C1c1ccc(O)cc1. The van der Waals surface area contributed by atoms with Crippen LogP contribution in [-0.2, 0) is 15.3 Å². The van der Waals surface area contributed by atoms with Gasteiger partial charge in [0, 0.05) is 11.4 Å².